The van der Waals surface area contributed by atoms with Gasteiger partial charge in [-0.1, -0.05) is 6.07 Å². The van der Waals surface area contributed by atoms with Gasteiger partial charge in [0.25, 0.3) is 0 Å². The van der Waals surface area contributed by atoms with Crippen molar-refractivity contribution in [2.75, 3.05) is 25.0 Å². The van der Waals surface area contributed by atoms with E-state index in [0.717, 1.165) is 32.5 Å². The molecule has 2 bridgehead atoms. The first-order valence-corrected chi connectivity index (χ1v) is 7.10. The normalized spacial score (nSPS) is 29.5. The third kappa shape index (κ3) is 2.64. The lowest BCUT2D eigenvalue weighted by molar-refractivity contribution is -0.138. The summed E-state index contributed by atoms with van der Waals surface area (Å²) in [5.74, 6) is 0.593. The summed E-state index contributed by atoms with van der Waals surface area (Å²) in [4.78, 5) is 2.39. The molecule has 0 aliphatic carbocycles. The molecule has 110 valence electrons. The molecule has 3 saturated heterocycles. The molecule has 0 saturated carbocycles. The van der Waals surface area contributed by atoms with E-state index in [9.17, 15) is 13.2 Å². The van der Waals surface area contributed by atoms with Gasteiger partial charge in [-0.15, -0.1) is 0 Å². The zero-order chi connectivity index (χ0) is 14.3. The van der Waals surface area contributed by atoms with E-state index in [4.69, 9.17) is 0 Å². The number of anilines is 1. The molecule has 3 aliphatic rings. The highest BCUT2D eigenvalue weighted by Gasteiger charge is 2.35. The summed E-state index contributed by atoms with van der Waals surface area (Å²) < 4.78 is 38.8. The molecule has 2 nitrogen and oxygen atoms in total. The van der Waals surface area contributed by atoms with Crippen LogP contribution >= 0.6 is 0 Å². The smallest absolute Gasteiger partial charge is 0.381 e. The summed E-state index contributed by atoms with van der Waals surface area (Å²) in [6.45, 7) is 4.70. The Hall–Kier alpha value is -1.23. The predicted molar refractivity (Wildman–Crippen MR) is 72.8 cm³/mol. The second-order valence-corrected chi connectivity index (χ2v) is 5.92. The first-order valence-electron chi connectivity index (χ1n) is 7.10. The van der Waals surface area contributed by atoms with Crippen LogP contribution in [0.25, 0.3) is 0 Å². The highest BCUT2D eigenvalue weighted by atomic mass is 19.4. The van der Waals surface area contributed by atoms with Crippen LogP contribution < -0.4 is 5.32 Å². The third-order valence-corrected chi connectivity index (χ3v) is 4.55. The minimum atomic E-state index is -4.28. The van der Waals surface area contributed by atoms with Gasteiger partial charge in [0.05, 0.1) is 5.56 Å². The molecule has 4 rings (SSSR count). The summed E-state index contributed by atoms with van der Waals surface area (Å²) >= 11 is 0. The molecule has 0 amide bonds. The highest BCUT2D eigenvalue weighted by molar-refractivity contribution is 5.50. The highest BCUT2D eigenvalue weighted by Crippen LogP contribution is 2.35. The van der Waals surface area contributed by atoms with E-state index < -0.39 is 11.7 Å². The van der Waals surface area contributed by atoms with E-state index in [-0.39, 0.29) is 11.6 Å². The van der Waals surface area contributed by atoms with Crippen LogP contribution in [-0.4, -0.2) is 30.6 Å². The van der Waals surface area contributed by atoms with Crippen molar-refractivity contribution >= 4 is 5.69 Å². The number of hydrogen-bond donors (Lipinski definition) is 1. The van der Waals surface area contributed by atoms with Crippen LogP contribution in [0.15, 0.2) is 18.2 Å². The SMILES string of the molecule is Cc1ccc(NC2CN3CCC2CC3)cc1C(F)(F)F. The number of rotatable bonds is 2. The summed E-state index contributed by atoms with van der Waals surface area (Å²) in [5, 5.41) is 3.31. The van der Waals surface area contributed by atoms with Crippen LogP contribution in [-0.2, 0) is 6.18 Å². The number of hydrogen-bond acceptors (Lipinski definition) is 2. The Labute approximate surface area is 117 Å². The maximum absolute atomic E-state index is 12.9. The molecule has 3 heterocycles. The molecule has 0 spiro atoms. The first-order chi connectivity index (χ1) is 9.43. The van der Waals surface area contributed by atoms with E-state index in [1.54, 1.807) is 12.1 Å². The van der Waals surface area contributed by atoms with Gasteiger partial charge < -0.3 is 10.2 Å². The lowest BCUT2D eigenvalue weighted by atomic mass is 9.84. The quantitative estimate of drug-likeness (QED) is 0.894. The van der Waals surface area contributed by atoms with Gasteiger partial charge in [0.15, 0.2) is 0 Å². The number of benzene rings is 1. The number of halogens is 3. The first kappa shape index (κ1) is 13.7. The minimum absolute atomic E-state index is 0.275. The van der Waals surface area contributed by atoms with Crippen molar-refractivity contribution in [1.82, 2.24) is 4.90 Å². The molecule has 0 aromatic heterocycles. The maximum Gasteiger partial charge on any atom is 0.416 e. The number of fused-ring (bicyclic) bond motifs is 3. The maximum atomic E-state index is 12.9. The largest absolute Gasteiger partial charge is 0.416 e. The van der Waals surface area contributed by atoms with Gasteiger partial charge >= 0.3 is 6.18 Å². The van der Waals surface area contributed by atoms with E-state index in [2.05, 4.69) is 10.2 Å². The average molecular weight is 284 g/mol. The summed E-state index contributed by atoms with van der Waals surface area (Å²) in [5.41, 5.74) is 0.322. The summed E-state index contributed by atoms with van der Waals surface area (Å²) in [7, 11) is 0. The number of alkyl halides is 3. The standard InChI is InChI=1S/C15H19F3N2/c1-10-2-3-12(8-13(10)15(16,17)18)19-14-9-20-6-4-11(14)5-7-20/h2-3,8,11,14,19H,4-7,9H2,1H3. The van der Waals surface area contributed by atoms with Crippen LogP contribution in [0.1, 0.15) is 24.0 Å². The second-order valence-electron chi connectivity index (χ2n) is 5.92. The Bertz CT molecular complexity index is 490. The average Bonchev–Trinajstić information content (AvgIpc) is 2.41. The topological polar surface area (TPSA) is 15.3 Å². The molecule has 0 radical (unpaired) electrons. The molecule has 3 fully saturated rings. The molecule has 1 N–H and O–H groups in total. The molecule has 1 aromatic rings. The van der Waals surface area contributed by atoms with Crippen molar-refractivity contribution < 1.29 is 13.2 Å². The van der Waals surface area contributed by atoms with Crippen molar-refractivity contribution in [3.63, 3.8) is 0 Å². The Balaban J connectivity index is 1.78. The fourth-order valence-corrected chi connectivity index (χ4v) is 3.36. The van der Waals surface area contributed by atoms with Crippen LogP contribution in [0.5, 0.6) is 0 Å². The van der Waals surface area contributed by atoms with Crippen LogP contribution in [0, 0.1) is 12.8 Å². The van der Waals surface area contributed by atoms with Crippen LogP contribution in [0.2, 0.25) is 0 Å². The predicted octanol–water partition coefficient (Wildman–Crippen LogP) is 3.52. The van der Waals surface area contributed by atoms with E-state index in [1.807, 2.05) is 0 Å². The summed E-state index contributed by atoms with van der Waals surface area (Å²) in [6, 6.07) is 4.82. The molecule has 1 aromatic carbocycles. The Morgan fingerprint density at radius 3 is 2.45 bits per heavy atom. The molecule has 1 unspecified atom stereocenters. The Morgan fingerprint density at radius 1 is 1.20 bits per heavy atom. The zero-order valence-corrected chi connectivity index (χ0v) is 11.5. The molecule has 5 heteroatoms. The molecule has 1 atom stereocenters. The second kappa shape index (κ2) is 4.95. The number of nitrogens with one attached hydrogen (secondary N) is 1. The summed E-state index contributed by atoms with van der Waals surface area (Å²) in [6.07, 6.45) is -1.98. The van der Waals surface area contributed by atoms with Gasteiger partial charge in [0, 0.05) is 18.3 Å². The van der Waals surface area contributed by atoms with E-state index in [1.165, 1.54) is 13.0 Å². The van der Waals surface area contributed by atoms with Gasteiger partial charge in [-0.2, -0.15) is 13.2 Å². The van der Waals surface area contributed by atoms with Gasteiger partial charge in [-0.3, -0.25) is 0 Å². The van der Waals surface area contributed by atoms with E-state index in [0.29, 0.717) is 11.6 Å². The fourth-order valence-electron chi connectivity index (χ4n) is 3.36. The monoisotopic (exact) mass is 284 g/mol. The lowest BCUT2D eigenvalue weighted by Crippen LogP contribution is -2.53. The fraction of sp³-hybridized carbons (Fsp3) is 0.600. The Morgan fingerprint density at radius 2 is 1.90 bits per heavy atom. The minimum Gasteiger partial charge on any atom is -0.381 e. The molecular weight excluding hydrogens is 265 g/mol. The van der Waals surface area contributed by atoms with Crippen molar-refractivity contribution in [1.29, 1.82) is 0 Å². The molecule has 3 aliphatic heterocycles. The lowest BCUT2D eigenvalue weighted by Gasteiger charge is -2.45. The molecular formula is C15H19F3N2. The molecule has 20 heavy (non-hydrogen) atoms. The van der Waals surface area contributed by atoms with E-state index >= 15 is 0 Å². The van der Waals surface area contributed by atoms with Crippen molar-refractivity contribution in [3.8, 4) is 0 Å². The van der Waals surface area contributed by atoms with Gasteiger partial charge in [-0.25, -0.2) is 0 Å². The number of piperidine rings is 3. The number of nitrogens with zero attached hydrogens (tertiary/aromatic N) is 1. The van der Waals surface area contributed by atoms with Crippen molar-refractivity contribution in [3.05, 3.63) is 29.3 Å². The van der Waals surface area contributed by atoms with Crippen LogP contribution in [0.4, 0.5) is 18.9 Å². The Kier molecular flexibility index (Phi) is 3.40. The van der Waals surface area contributed by atoms with Crippen molar-refractivity contribution in [2.45, 2.75) is 32.0 Å². The van der Waals surface area contributed by atoms with Crippen molar-refractivity contribution in [2.24, 2.45) is 5.92 Å². The third-order valence-electron chi connectivity index (χ3n) is 4.55. The number of aryl methyl sites for hydroxylation is 1. The zero-order valence-electron chi connectivity index (χ0n) is 11.5. The van der Waals surface area contributed by atoms with Gasteiger partial charge in [0.2, 0.25) is 0 Å². The van der Waals surface area contributed by atoms with Gasteiger partial charge in [-0.05, 0) is 56.5 Å². The van der Waals surface area contributed by atoms with Crippen LogP contribution in [0.3, 0.4) is 0 Å². The van der Waals surface area contributed by atoms with Gasteiger partial charge in [0.1, 0.15) is 0 Å².